The lowest BCUT2D eigenvalue weighted by atomic mass is 9.77. The minimum Gasteiger partial charge on any atom is -0.481 e. The maximum Gasteiger partial charge on any atom is 0.401 e. The van der Waals surface area contributed by atoms with Crippen LogP contribution >= 0.6 is 0 Å². The molecule has 20 heavy (non-hydrogen) atoms. The van der Waals surface area contributed by atoms with Crippen molar-refractivity contribution < 1.29 is 27.9 Å². The highest BCUT2D eigenvalue weighted by molar-refractivity contribution is 5.81. The second-order valence-electron chi connectivity index (χ2n) is 5.08. The first-order valence-corrected chi connectivity index (χ1v) is 6.49. The van der Waals surface area contributed by atoms with Crippen molar-refractivity contribution in [3.05, 3.63) is 0 Å². The summed E-state index contributed by atoms with van der Waals surface area (Å²) in [7, 11) is 0. The maximum absolute atomic E-state index is 12.0. The third kappa shape index (κ3) is 4.36. The van der Waals surface area contributed by atoms with Gasteiger partial charge in [-0.05, 0) is 19.3 Å². The maximum atomic E-state index is 12.0. The molecule has 0 aromatic carbocycles. The normalized spacial score (nSPS) is 23.7. The van der Waals surface area contributed by atoms with E-state index in [1.54, 1.807) is 6.92 Å². The van der Waals surface area contributed by atoms with Gasteiger partial charge in [-0.25, -0.2) is 0 Å². The van der Waals surface area contributed by atoms with Gasteiger partial charge in [-0.15, -0.1) is 0 Å². The van der Waals surface area contributed by atoms with Gasteiger partial charge in [-0.3, -0.25) is 9.59 Å². The number of carbonyl (C=O) groups is 2. The predicted molar refractivity (Wildman–Crippen MR) is 65.1 cm³/mol. The molecule has 0 spiro atoms. The van der Waals surface area contributed by atoms with E-state index in [0.717, 1.165) is 0 Å². The number of piperidine rings is 1. The Kier molecular flexibility index (Phi) is 5.38. The fourth-order valence-corrected chi connectivity index (χ4v) is 2.38. The molecule has 1 heterocycles. The van der Waals surface area contributed by atoms with Gasteiger partial charge in [0.1, 0.15) is 0 Å². The number of nitrogens with one attached hydrogen (secondary N) is 1. The van der Waals surface area contributed by atoms with Crippen LogP contribution in [0.25, 0.3) is 0 Å². The summed E-state index contributed by atoms with van der Waals surface area (Å²) in [5, 5.41) is 11.3. The fourth-order valence-electron chi connectivity index (χ4n) is 2.38. The van der Waals surface area contributed by atoms with E-state index >= 15 is 0 Å². The highest BCUT2D eigenvalue weighted by Crippen LogP contribution is 2.33. The van der Waals surface area contributed by atoms with Crippen LogP contribution in [-0.2, 0) is 9.59 Å². The van der Waals surface area contributed by atoms with Crippen LogP contribution in [0, 0.1) is 5.41 Å². The molecule has 1 unspecified atom stereocenters. The monoisotopic (exact) mass is 296 g/mol. The number of hydrogen-bond donors (Lipinski definition) is 2. The van der Waals surface area contributed by atoms with Gasteiger partial charge < -0.3 is 15.3 Å². The molecule has 1 aliphatic heterocycles. The highest BCUT2D eigenvalue weighted by atomic mass is 19.4. The topological polar surface area (TPSA) is 69.6 Å². The molecule has 1 fully saturated rings. The van der Waals surface area contributed by atoms with E-state index in [1.165, 1.54) is 4.90 Å². The van der Waals surface area contributed by atoms with Gasteiger partial charge in [0.25, 0.3) is 0 Å². The molecule has 0 aromatic heterocycles. The molecule has 0 aliphatic carbocycles. The molecule has 1 rings (SSSR count). The van der Waals surface area contributed by atoms with Gasteiger partial charge in [-0.1, -0.05) is 6.92 Å². The smallest absolute Gasteiger partial charge is 0.401 e. The molecule has 0 saturated carbocycles. The van der Waals surface area contributed by atoms with Crippen molar-refractivity contribution in [2.24, 2.45) is 5.41 Å². The van der Waals surface area contributed by atoms with Gasteiger partial charge >= 0.3 is 12.1 Å². The van der Waals surface area contributed by atoms with E-state index < -0.39 is 36.6 Å². The molecule has 0 aromatic rings. The van der Waals surface area contributed by atoms with Crippen molar-refractivity contribution >= 4 is 11.9 Å². The summed E-state index contributed by atoms with van der Waals surface area (Å²) >= 11 is 0. The Morgan fingerprint density at radius 2 is 2.05 bits per heavy atom. The van der Waals surface area contributed by atoms with E-state index in [-0.39, 0.29) is 6.54 Å². The first kappa shape index (κ1) is 16.7. The van der Waals surface area contributed by atoms with Crippen molar-refractivity contribution in [3.63, 3.8) is 0 Å². The van der Waals surface area contributed by atoms with Crippen LogP contribution < -0.4 is 5.32 Å². The van der Waals surface area contributed by atoms with Crippen LogP contribution in [0.3, 0.4) is 0 Å². The lowest BCUT2D eigenvalue weighted by Gasteiger charge is -2.39. The summed E-state index contributed by atoms with van der Waals surface area (Å²) in [6, 6.07) is 0. The summed E-state index contributed by atoms with van der Waals surface area (Å²) in [6.07, 6.45) is -2.94. The third-order valence-corrected chi connectivity index (χ3v) is 3.66. The van der Waals surface area contributed by atoms with E-state index in [2.05, 4.69) is 0 Å². The number of alkyl halides is 3. The molecule has 0 bridgehead atoms. The zero-order valence-electron chi connectivity index (χ0n) is 11.3. The summed E-state index contributed by atoms with van der Waals surface area (Å²) < 4.78 is 35.9. The molecule has 116 valence electrons. The van der Waals surface area contributed by atoms with Gasteiger partial charge in [0.05, 0.1) is 18.5 Å². The average Bonchev–Trinajstić information content (AvgIpc) is 2.36. The van der Waals surface area contributed by atoms with E-state index in [0.29, 0.717) is 25.8 Å². The Bertz CT molecular complexity index is 373. The molecule has 1 aliphatic rings. The minimum absolute atomic E-state index is 0.0609. The van der Waals surface area contributed by atoms with Crippen molar-refractivity contribution in [2.75, 3.05) is 26.2 Å². The zero-order valence-corrected chi connectivity index (χ0v) is 11.3. The van der Waals surface area contributed by atoms with E-state index in [1.807, 2.05) is 5.32 Å². The number of rotatable bonds is 5. The summed E-state index contributed by atoms with van der Waals surface area (Å²) in [4.78, 5) is 24.5. The van der Waals surface area contributed by atoms with Crippen molar-refractivity contribution in [1.82, 2.24) is 10.2 Å². The molecule has 2 N–H and O–H groups in total. The van der Waals surface area contributed by atoms with Crippen LogP contribution in [0.15, 0.2) is 0 Å². The fraction of sp³-hybridized carbons (Fsp3) is 0.833. The van der Waals surface area contributed by atoms with Crippen LogP contribution in [-0.4, -0.2) is 54.2 Å². The quantitative estimate of drug-likeness (QED) is 0.801. The lowest BCUT2D eigenvalue weighted by Crippen LogP contribution is -2.51. The van der Waals surface area contributed by atoms with Gasteiger partial charge in [0.2, 0.25) is 5.91 Å². The highest BCUT2D eigenvalue weighted by Gasteiger charge is 2.42. The lowest BCUT2D eigenvalue weighted by molar-refractivity contribution is -0.155. The molecule has 1 amide bonds. The van der Waals surface area contributed by atoms with Crippen molar-refractivity contribution in [3.8, 4) is 0 Å². The first-order chi connectivity index (χ1) is 9.20. The largest absolute Gasteiger partial charge is 0.481 e. The Morgan fingerprint density at radius 1 is 1.40 bits per heavy atom. The second-order valence-corrected chi connectivity index (χ2v) is 5.08. The van der Waals surface area contributed by atoms with Gasteiger partial charge in [0, 0.05) is 13.1 Å². The Hall–Kier alpha value is -1.31. The molecule has 1 saturated heterocycles. The number of halogens is 3. The zero-order chi connectivity index (χ0) is 15.4. The van der Waals surface area contributed by atoms with Gasteiger partial charge in [0.15, 0.2) is 0 Å². The Morgan fingerprint density at radius 3 is 2.55 bits per heavy atom. The number of carbonyl (C=O) groups excluding carboxylic acids is 1. The molecular weight excluding hydrogens is 277 g/mol. The van der Waals surface area contributed by atoms with Crippen LogP contribution in [0.2, 0.25) is 0 Å². The standard InChI is InChI=1S/C12H19F3N2O3/c1-2-11(10(19)20)4-3-5-17(8-11)9(18)6-16-7-12(13,14)15/h16H,2-8H2,1H3,(H,19,20). The molecule has 1 atom stereocenters. The second kappa shape index (κ2) is 6.43. The molecule has 8 heteroatoms. The van der Waals surface area contributed by atoms with Crippen LogP contribution in [0.5, 0.6) is 0 Å². The number of nitrogens with zero attached hydrogens (tertiary/aromatic N) is 1. The number of amides is 1. The number of carboxylic acid groups (broad SMARTS) is 1. The Labute approximate surface area is 115 Å². The van der Waals surface area contributed by atoms with Crippen LogP contribution in [0.4, 0.5) is 13.2 Å². The number of likely N-dealkylation sites (tertiary alicyclic amines) is 1. The number of carboxylic acids is 1. The molecular formula is C12H19F3N2O3. The third-order valence-electron chi connectivity index (χ3n) is 3.66. The first-order valence-electron chi connectivity index (χ1n) is 6.49. The van der Waals surface area contributed by atoms with E-state index in [9.17, 15) is 27.9 Å². The van der Waals surface area contributed by atoms with E-state index in [4.69, 9.17) is 0 Å². The molecule has 5 nitrogen and oxygen atoms in total. The summed E-state index contributed by atoms with van der Waals surface area (Å²) in [5.41, 5.74) is -0.974. The van der Waals surface area contributed by atoms with Gasteiger partial charge in [-0.2, -0.15) is 13.2 Å². The number of aliphatic carboxylic acids is 1. The average molecular weight is 296 g/mol. The van der Waals surface area contributed by atoms with Crippen molar-refractivity contribution in [2.45, 2.75) is 32.4 Å². The number of hydrogen-bond acceptors (Lipinski definition) is 3. The summed E-state index contributed by atoms with van der Waals surface area (Å²) in [5.74, 6) is -1.45. The molecule has 0 radical (unpaired) electrons. The summed E-state index contributed by atoms with van der Waals surface area (Å²) in [6.45, 7) is 0.528. The van der Waals surface area contributed by atoms with Crippen LogP contribution in [0.1, 0.15) is 26.2 Å². The SMILES string of the molecule is CCC1(C(=O)O)CCCN(C(=O)CNCC(F)(F)F)C1. The van der Waals surface area contributed by atoms with Crippen molar-refractivity contribution in [1.29, 1.82) is 0 Å². The predicted octanol–water partition coefficient (Wildman–Crippen LogP) is 1.24. The Balaban J connectivity index is 2.54. The minimum atomic E-state index is -4.36.